The lowest BCUT2D eigenvalue weighted by molar-refractivity contribution is -0.345. The number of hydrogen-bond acceptors (Lipinski definition) is 1. The molecule has 0 aliphatic carbocycles. The fourth-order valence-corrected chi connectivity index (χ4v) is 1.14. The summed E-state index contributed by atoms with van der Waals surface area (Å²) in [7, 11) is 0. The first kappa shape index (κ1) is 11.7. The predicted molar refractivity (Wildman–Crippen MR) is 45.8 cm³/mol. The Morgan fingerprint density at radius 2 is 1.77 bits per heavy atom. The summed E-state index contributed by atoms with van der Waals surface area (Å²) in [5.74, 6) is 0.295. The molecule has 0 radical (unpaired) electrons. The smallest absolute Gasteiger partial charge is 0.252 e. The molecule has 3 nitrogen and oxygen atoms in total. The van der Waals surface area contributed by atoms with E-state index in [1.165, 1.54) is 0 Å². The van der Waals surface area contributed by atoms with Crippen molar-refractivity contribution < 1.29 is 28.0 Å². The minimum absolute atomic E-state index is 0. The molecule has 13 heavy (non-hydrogen) atoms. The first-order valence-electron chi connectivity index (χ1n) is 3.46. The number of phenols is 1. The van der Waals surface area contributed by atoms with E-state index < -0.39 is 0 Å². The highest BCUT2D eigenvalue weighted by Gasteiger charge is 2.02. The number of halogens is 1. The summed E-state index contributed by atoms with van der Waals surface area (Å²) >= 11 is 0. The Kier molecular flexibility index (Phi) is 4.17. The molecule has 0 bridgehead atoms. The van der Waals surface area contributed by atoms with E-state index in [1.807, 2.05) is 24.3 Å². The van der Waals surface area contributed by atoms with Gasteiger partial charge in [-0.15, -0.1) is 0 Å². The number of hydrogen-bond donors (Lipinski definition) is 1. The van der Waals surface area contributed by atoms with Crippen LogP contribution in [-0.4, -0.2) is 10.6 Å². The van der Waals surface area contributed by atoms with Gasteiger partial charge in [0.25, 0.3) is 5.52 Å². The Hall–Kier alpha value is -1.32. The van der Waals surface area contributed by atoms with Crippen LogP contribution in [0.15, 0.2) is 36.5 Å². The molecule has 1 heterocycles. The van der Waals surface area contributed by atoms with Crippen molar-refractivity contribution in [3.63, 3.8) is 0 Å². The molecule has 0 unspecified atom stereocenters. The normalized spacial score (nSPS) is 8.62. The lowest BCUT2D eigenvalue weighted by Gasteiger charge is -1.91. The summed E-state index contributed by atoms with van der Waals surface area (Å²) in [6.45, 7) is 0. The third-order valence-electron chi connectivity index (χ3n) is 1.67. The van der Waals surface area contributed by atoms with E-state index in [-0.39, 0.29) is 17.9 Å². The molecule has 0 saturated heterocycles. The van der Waals surface area contributed by atoms with Crippen molar-refractivity contribution in [2.45, 2.75) is 0 Å². The van der Waals surface area contributed by atoms with Crippen molar-refractivity contribution in [2.75, 3.05) is 0 Å². The third-order valence-corrected chi connectivity index (χ3v) is 1.67. The average molecular weight is 200 g/mol. The molecule has 0 saturated carbocycles. The number of aromatic amines is 1. The molecular formula is C9H10ClNO2. The molecule has 2 aromatic rings. The monoisotopic (exact) mass is 199 g/mol. The Labute approximate surface area is 81.8 Å². The molecule has 0 aliphatic rings. The van der Waals surface area contributed by atoms with Crippen LogP contribution < -0.4 is 17.4 Å². The molecule has 4 heteroatoms. The summed E-state index contributed by atoms with van der Waals surface area (Å²) in [4.78, 5) is 2.97. The van der Waals surface area contributed by atoms with Gasteiger partial charge < -0.3 is 23.0 Å². The summed E-state index contributed by atoms with van der Waals surface area (Å²) in [5.41, 5.74) is 0.787. The summed E-state index contributed by atoms with van der Waals surface area (Å²) in [5, 5.41) is 10.4. The van der Waals surface area contributed by atoms with Crippen LogP contribution in [-0.2, 0) is 0 Å². The largest absolute Gasteiger partial charge is 1.00 e. The zero-order valence-electron chi connectivity index (χ0n) is 6.79. The van der Waals surface area contributed by atoms with Crippen LogP contribution in [0.5, 0.6) is 5.75 Å². The zero-order chi connectivity index (χ0) is 7.68. The van der Waals surface area contributed by atoms with Gasteiger partial charge >= 0.3 is 0 Å². The molecule has 70 valence electrons. The number of para-hydroxylation sites is 1. The van der Waals surface area contributed by atoms with Gasteiger partial charge in [-0.3, -0.25) is 0 Å². The number of aromatic hydroxyl groups is 1. The maximum Gasteiger partial charge on any atom is 0.252 e. The topological polar surface area (TPSA) is 65.9 Å². The van der Waals surface area contributed by atoms with Crippen molar-refractivity contribution in [1.29, 1.82) is 0 Å². The fourth-order valence-electron chi connectivity index (χ4n) is 1.14. The van der Waals surface area contributed by atoms with Gasteiger partial charge in [-0.25, -0.2) is 4.98 Å². The Morgan fingerprint density at radius 3 is 2.46 bits per heavy atom. The first-order valence-corrected chi connectivity index (χ1v) is 3.46. The molecule has 0 amide bonds. The summed E-state index contributed by atoms with van der Waals surface area (Å²) < 4.78 is 0. The second-order valence-corrected chi connectivity index (χ2v) is 2.41. The van der Waals surface area contributed by atoms with E-state index in [0.717, 1.165) is 10.9 Å². The van der Waals surface area contributed by atoms with Crippen LogP contribution in [0.2, 0.25) is 0 Å². The first-order chi connectivity index (χ1) is 5.38. The van der Waals surface area contributed by atoms with E-state index in [2.05, 4.69) is 4.98 Å². The molecule has 0 spiro atoms. The van der Waals surface area contributed by atoms with Gasteiger partial charge in [-0.2, -0.15) is 0 Å². The Morgan fingerprint density at radius 1 is 1.08 bits per heavy atom. The van der Waals surface area contributed by atoms with Gasteiger partial charge in [-0.1, -0.05) is 6.07 Å². The van der Waals surface area contributed by atoms with Gasteiger partial charge in [0.15, 0.2) is 11.9 Å². The van der Waals surface area contributed by atoms with E-state index in [4.69, 9.17) is 0 Å². The lowest BCUT2D eigenvalue weighted by Crippen LogP contribution is -3.00. The number of phenolic OH excluding ortho intramolecular Hbond substituents is 1. The molecule has 0 fully saturated rings. The minimum Gasteiger partial charge on any atom is -1.00 e. The Balaban J connectivity index is 0.000000720. The highest BCUT2D eigenvalue weighted by molar-refractivity contribution is 5.80. The average Bonchev–Trinajstić information content (AvgIpc) is 2.06. The SMILES string of the molecule is O.Oc1cccc2ccc[nH+]c12.[Cl-]. The van der Waals surface area contributed by atoms with Crippen molar-refractivity contribution in [2.24, 2.45) is 0 Å². The van der Waals surface area contributed by atoms with Gasteiger partial charge in [-0.05, 0) is 18.2 Å². The number of nitrogens with one attached hydrogen (secondary N) is 1. The summed E-state index contributed by atoms with van der Waals surface area (Å²) in [6, 6.07) is 9.29. The van der Waals surface area contributed by atoms with Crippen LogP contribution in [0.4, 0.5) is 0 Å². The molecule has 1 aromatic carbocycles. The van der Waals surface area contributed by atoms with Crippen molar-refractivity contribution in [3.8, 4) is 5.75 Å². The van der Waals surface area contributed by atoms with Crippen LogP contribution in [0, 0.1) is 0 Å². The number of fused-ring (bicyclic) bond motifs is 1. The van der Waals surface area contributed by atoms with E-state index in [1.54, 1.807) is 12.3 Å². The molecular weight excluding hydrogens is 190 g/mol. The van der Waals surface area contributed by atoms with Gasteiger partial charge in [0.2, 0.25) is 0 Å². The van der Waals surface area contributed by atoms with Gasteiger partial charge in [0.1, 0.15) is 0 Å². The quantitative estimate of drug-likeness (QED) is 0.503. The molecule has 1 aromatic heterocycles. The van der Waals surface area contributed by atoms with Crippen LogP contribution in [0.3, 0.4) is 0 Å². The summed E-state index contributed by atoms with van der Waals surface area (Å²) in [6.07, 6.45) is 1.79. The fraction of sp³-hybridized carbons (Fsp3) is 0. The predicted octanol–water partition coefficient (Wildman–Crippen LogP) is -2.46. The number of benzene rings is 1. The second-order valence-electron chi connectivity index (χ2n) is 2.41. The van der Waals surface area contributed by atoms with Crippen molar-refractivity contribution in [3.05, 3.63) is 36.5 Å². The van der Waals surface area contributed by atoms with Crippen LogP contribution in [0.25, 0.3) is 10.9 Å². The van der Waals surface area contributed by atoms with Crippen molar-refractivity contribution in [1.82, 2.24) is 0 Å². The number of rotatable bonds is 0. The van der Waals surface area contributed by atoms with Crippen LogP contribution >= 0.6 is 0 Å². The van der Waals surface area contributed by atoms with Gasteiger partial charge in [0, 0.05) is 6.07 Å². The molecule has 0 atom stereocenters. The van der Waals surface area contributed by atoms with Crippen molar-refractivity contribution >= 4 is 10.9 Å². The standard InChI is InChI=1S/C9H7NO.ClH.H2O/c11-8-5-1-3-7-4-2-6-10-9(7)8;;/h1-6,11H;1H;1H2. The second kappa shape index (κ2) is 4.64. The highest BCUT2D eigenvalue weighted by Crippen LogP contribution is 2.18. The minimum atomic E-state index is 0. The third kappa shape index (κ3) is 2.08. The Bertz CT molecular complexity index is 387. The van der Waals surface area contributed by atoms with Crippen LogP contribution in [0.1, 0.15) is 0 Å². The lowest BCUT2D eigenvalue weighted by atomic mass is 10.2. The molecule has 0 aliphatic heterocycles. The van der Waals surface area contributed by atoms with E-state index >= 15 is 0 Å². The number of aromatic nitrogens is 1. The molecule has 4 N–H and O–H groups in total. The van der Waals surface area contributed by atoms with E-state index in [0.29, 0.717) is 5.75 Å². The van der Waals surface area contributed by atoms with Gasteiger partial charge in [0.05, 0.1) is 5.39 Å². The number of H-pyrrole nitrogens is 1. The van der Waals surface area contributed by atoms with E-state index in [9.17, 15) is 5.11 Å². The number of pyridine rings is 1. The maximum atomic E-state index is 9.34. The zero-order valence-corrected chi connectivity index (χ0v) is 7.55. The maximum absolute atomic E-state index is 9.34. The molecule has 2 rings (SSSR count). The highest BCUT2D eigenvalue weighted by atomic mass is 35.5.